The van der Waals surface area contributed by atoms with Crippen LogP contribution >= 0.6 is 0 Å². The second kappa shape index (κ2) is 6.32. The first kappa shape index (κ1) is 10.9. The maximum atomic E-state index is 9.55. The van der Waals surface area contributed by atoms with Gasteiger partial charge in [-0.15, -0.1) is 0 Å². The summed E-state index contributed by atoms with van der Waals surface area (Å²) in [5.74, 6) is 0. The summed E-state index contributed by atoms with van der Waals surface area (Å²) in [6.07, 6.45) is -0.335. The van der Waals surface area contributed by atoms with Crippen LogP contribution in [0.25, 0.3) is 0 Å². The first-order valence-corrected chi connectivity index (χ1v) is 5.01. The number of nitrogens with zero attached hydrogens (tertiary/aromatic N) is 1. The second-order valence-electron chi connectivity index (χ2n) is 3.36. The van der Waals surface area contributed by atoms with Crippen molar-refractivity contribution in [2.75, 3.05) is 45.9 Å². The maximum Gasteiger partial charge on any atom is 0.0900 e. The van der Waals surface area contributed by atoms with Crippen LogP contribution in [0.5, 0.6) is 0 Å². The van der Waals surface area contributed by atoms with Crippen molar-refractivity contribution in [2.24, 2.45) is 0 Å². The molecule has 13 heavy (non-hydrogen) atoms. The minimum absolute atomic E-state index is 0.335. The standard InChI is InChI=1S/C9H20N2O2/c1-2-13-8-9(12)7-11-5-3-10-4-6-11/h9-10,12H,2-8H2,1H3. The zero-order chi connectivity index (χ0) is 9.52. The topological polar surface area (TPSA) is 44.7 Å². The van der Waals surface area contributed by atoms with E-state index >= 15 is 0 Å². The van der Waals surface area contributed by atoms with E-state index in [9.17, 15) is 5.11 Å². The molecule has 2 N–H and O–H groups in total. The Morgan fingerprint density at radius 2 is 2.15 bits per heavy atom. The first-order chi connectivity index (χ1) is 6.33. The van der Waals surface area contributed by atoms with E-state index in [0.29, 0.717) is 13.2 Å². The summed E-state index contributed by atoms with van der Waals surface area (Å²) >= 11 is 0. The molecule has 0 aromatic carbocycles. The molecule has 0 aromatic rings. The molecule has 0 aliphatic carbocycles. The van der Waals surface area contributed by atoms with Crippen LogP contribution in [0.15, 0.2) is 0 Å². The quantitative estimate of drug-likeness (QED) is 0.598. The molecule has 1 atom stereocenters. The summed E-state index contributed by atoms with van der Waals surface area (Å²) in [5, 5.41) is 12.8. The van der Waals surface area contributed by atoms with E-state index in [0.717, 1.165) is 32.7 Å². The van der Waals surface area contributed by atoms with Crippen molar-refractivity contribution >= 4 is 0 Å². The lowest BCUT2D eigenvalue weighted by Gasteiger charge is -2.28. The zero-order valence-electron chi connectivity index (χ0n) is 8.33. The predicted octanol–water partition coefficient (Wildman–Crippen LogP) is -0.711. The fourth-order valence-electron chi connectivity index (χ4n) is 1.50. The van der Waals surface area contributed by atoms with Crippen molar-refractivity contribution < 1.29 is 9.84 Å². The van der Waals surface area contributed by atoms with E-state index in [1.165, 1.54) is 0 Å². The monoisotopic (exact) mass is 188 g/mol. The van der Waals surface area contributed by atoms with E-state index in [1.54, 1.807) is 0 Å². The van der Waals surface area contributed by atoms with Crippen molar-refractivity contribution in [3.8, 4) is 0 Å². The fourth-order valence-corrected chi connectivity index (χ4v) is 1.50. The maximum absolute atomic E-state index is 9.55. The molecule has 4 nitrogen and oxygen atoms in total. The zero-order valence-corrected chi connectivity index (χ0v) is 8.33. The Kier molecular flexibility index (Phi) is 5.31. The average Bonchev–Trinajstić information content (AvgIpc) is 2.16. The second-order valence-corrected chi connectivity index (χ2v) is 3.36. The molecule has 0 amide bonds. The molecule has 1 fully saturated rings. The molecule has 0 spiro atoms. The van der Waals surface area contributed by atoms with Crippen LogP contribution in [0, 0.1) is 0 Å². The van der Waals surface area contributed by atoms with E-state index < -0.39 is 0 Å². The van der Waals surface area contributed by atoms with Crippen LogP contribution in [-0.4, -0.2) is 62.0 Å². The Bertz CT molecular complexity index is 127. The third kappa shape index (κ3) is 4.57. The summed E-state index contributed by atoms with van der Waals surface area (Å²) in [6.45, 7) is 7.94. The number of hydrogen-bond acceptors (Lipinski definition) is 4. The summed E-state index contributed by atoms with van der Waals surface area (Å²) in [7, 11) is 0. The number of nitrogens with one attached hydrogen (secondary N) is 1. The number of aliphatic hydroxyl groups excluding tert-OH is 1. The molecule has 1 saturated heterocycles. The lowest BCUT2D eigenvalue weighted by Crippen LogP contribution is -2.47. The lowest BCUT2D eigenvalue weighted by molar-refractivity contribution is 0.0191. The smallest absolute Gasteiger partial charge is 0.0900 e. The normalized spacial score (nSPS) is 21.7. The van der Waals surface area contributed by atoms with Gasteiger partial charge in [0.1, 0.15) is 0 Å². The van der Waals surface area contributed by atoms with Crippen LogP contribution in [0.4, 0.5) is 0 Å². The molecule has 1 aliphatic heterocycles. The van der Waals surface area contributed by atoms with Crippen LogP contribution < -0.4 is 5.32 Å². The van der Waals surface area contributed by atoms with Crippen molar-refractivity contribution in [2.45, 2.75) is 13.0 Å². The number of piperazine rings is 1. The molecule has 0 bridgehead atoms. The highest BCUT2D eigenvalue weighted by molar-refractivity contribution is 4.70. The van der Waals surface area contributed by atoms with Gasteiger partial charge in [-0.25, -0.2) is 0 Å². The van der Waals surface area contributed by atoms with Crippen molar-refractivity contribution in [3.63, 3.8) is 0 Å². The molecule has 1 rings (SSSR count). The fraction of sp³-hybridized carbons (Fsp3) is 1.00. The molecular weight excluding hydrogens is 168 g/mol. The highest BCUT2D eigenvalue weighted by Gasteiger charge is 2.13. The molecule has 1 unspecified atom stereocenters. The van der Waals surface area contributed by atoms with E-state index in [-0.39, 0.29) is 6.10 Å². The first-order valence-electron chi connectivity index (χ1n) is 5.01. The number of ether oxygens (including phenoxy) is 1. The van der Waals surface area contributed by atoms with Crippen molar-refractivity contribution in [3.05, 3.63) is 0 Å². The number of aliphatic hydroxyl groups is 1. The number of hydrogen-bond donors (Lipinski definition) is 2. The van der Waals surface area contributed by atoms with E-state index in [1.807, 2.05) is 6.92 Å². The van der Waals surface area contributed by atoms with Gasteiger partial charge in [0.25, 0.3) is 0 Å². The SMILES string of the molecule is CCOCC(O)CN1CCNCC1. The Morgan fingerprint density at radius 3 is 2.77 bits per heavy atom. The molecule has 4 heteroatoms. The van der Waals surface area contributed by atoms with Crippen molar-refractivity contribution in [1.82, 2.24) is 10.2 Å². The predicted molar refractivity (Wildman–Crippen MR) is 51.8 cm³/mol. The van der Waals surface area contributed by atoms with Gasteiger partial charge in [-0.1, -0.05) is 0 Å². The molecule has 1 aliphatic rings. The number of rotatable bonds is 5. The summed E-state index contributed by atoms with van der Waals surface area (Å²) < 4.78 is 5.14. The molecule has 0 saturated carbocycles. The van der Waals surface area contributed by atoms with Gasteiger partial charge < -0.3 is 15.2 Å². The van der Waals surface area contributed by atoms with Crippen LogP contribution in [0.3, 0.4) is 0 Å². The third-order valence-corrected chi connectivity index (χ3v) is 2.19. The molecule has 0 radical (unpaired) electrons. The van der Waals surface area contributed by atoms with Crippen LogP contribution in [0.2, 0.25) is 0 Å². The van der Waals surface area contributed by atoms with E-state index in [4.69, 9.17) is 4.74 Å². The summed E-state index contributed by atoms with van der Waals surface area (Å²) in [5.41, 5.74) is 0. The van der Waals surface area contributed by atoms with Gasteiger partial charge in [0.2, 0.25) is 0 Å². The molecular formula is C9H20N2O2. The highest BCUT2D eigenvalue weighted by atomic mass is 16.5. The third-order valence-electron chi connectivity index (χ3n) is 2.19. The Morgan fingerprint density at radius 1 is 1.46 bits per heavy atom. The van der Waals surface area contributed by atoms with Gasteiger partial charge in [0.05, 0.1) is 12.7 Å². The Balaban J connectivity index is 2.07. The van der Waals surface area contributed by atoms with E-state index in [2.05, 4.69) is 10.2 Å². The van der Waals surface area contributed by atoms with Crippen LogP contribution in [0.1, 0.15) is 6.92 Å². The Labute approximate surface area is 79.9 Å². The Hall–Kier alpha value is -0.160. The van der Waals surface area contributed by atoms with Crippen molar-refractivity contribution in [1.29, 1.82) is 0 Å². The van der Waals surface area contributed by atoms with Gasteiger partial charge in [-0.3, -0.25) is 4.90 Å². The van der Waals surface area contributed by atoms with Crippen LogP contribution in [-0.2, 0) is 4.74 Å². The number of β-amino-alcohol motifs (C(OH)–C–C–N with tert-alkyl or cyclic N) is 1. The molecule has 1 heterocycles. The molecule has 78 valence electrons. The largest absolute Gasteiger partial charge is 0.389 e. The van der Waals surface area contributed by atoms with Gasteiger partial charge >= 0.3 is 0 Å². The van der Waals surface area contributed by atoms with Gasteiger partial charge in [-0.05, 0) is 6.92 Å². The van der Waals surface area contributed by atoms with Gasteiger partial charge in [0, 0.05) is 39.3 Å². The van der Waals surface area contributed by atoms with Gasteiger partial charge in [0.15, 0.2) is 0 Å². The summed E-state index contributed by atoms with van der Waals surface area (Å²) in [4.78, 5) is 2.26. The molecule has 0 aromatic heterocycles. The lowest BCUT2D eigenvalue weighted by atomic mass is 10.3. The average molecular weight is 188 g/mol. The highest BCUT2D eigenvalue weighted by Crippen LogP contribution is 1.95. The minimum Gasteiger partial charge on any atom is -0.389 e. The van der Waals surface area contributed by atoms with Gasteiger partial charge in [-0.2, -0.15) is 0 Å². The minimum atomic E-state index is -0.335. The summed E-state index contributed by atoms with van der Waals surface area (Å²) in [6, 6.07) is 0.